The third-order valence-electron chi connectivity index (χ3n) is 6.15. The summed E-state index contributed by atoms with van der Waals surface area (Å²) in [5.41, 5.74) is 12.1. The Morgan fingerprint density at radius 1 is 0.536 bits per heavy atom. The summed E-state index contributed by atoms with van der Waals surface area (Å²) in [5.74, 6) is 0. The predicted octanol–water partition coefficient (Wildman–Crippen LogP) is 5.59. The lowest BCUT2D eigenvalue weighted by Crippen LogP contribution is -2.15. The molecule has 1 heteroatoms. The van der Waals surface area contributed by atoms with Crippen LogP contribution in [0.25, 0.3) is 33.4 Å². The molecule has 0 spiro atoms. The molecule has 0 nitrogen and oxygen atoms in total. The Morgan fingerprint density at radius 2 is 1.21 bits per heavy atom. The van der Waals surface area contributed by atoms with Crippen LogP contribution < -0.4 is 5.46 Å². The van der Waals surface area contributed by atoms with Crippen molar-refractivity contribution >= 4 is 13.3 Å². The fraction of sp³-hybridized carbons (Fsp3) is 0.111. The van der Waals surface area contributed by atoms with E-state index >= 15 is 0 Å². The number of rotatable bonds is 2. The molecule has 28 heavy (non-hydrogen) atoms. The molecule has 0 amide bonds. The molecule has 4 aromatic rings. The zero-order valence-corrected chi connectivity index (χ0v) is 16.7. The second-order valence-corrected chi connectivity index (χ2v) is 8.35. The summed E-state index contributed by atoms with van der Waals surface area (Å²) in [5, 5.41) is 0. The van der Waals surface area contributed by atoms with Crippen LogP contribution in [0.2, 0.25) is 0 Å². The lowest BCUT2D eigenvalue weighted by molar-refractivity contribution is 0.660. The van der Waals surface area contributed by atoms with Crippen molar-refractivity contribution in [2.45, 2.75) is 19.3 Å². The van der Waals surface area contributed by atoms with Gasteiger partial charge >= 0.3 is 0 Å². The molecule has 4 aromatic carbocycles. The van der Waals surface area contributed by atoms with Gasteiger partial charge in [-0.2, -0.15) is 0 Å². The highest BCUT2D eigenvalue weighted by Gasteiger charge is 2.35. The van der Waals surface area contributed by atoms with Crippen LogP contribution in [0.15, 0.2) is 91.0 Å². The fourth-order valence-corrected chi connectivity index (χ4v) is 4.64. The summed E-state index contributed by atoms with van der Waals surface area (Å²) in [6.07, 6.45) is 0. The molecule has 0 N–H and O–H groups in total. The second-order valence-electron chi connectivity index (χ2n) is 8.35. The van der Waals surface area contributed by atoms with Crippen LogP contribution in [0.3, 0.4) is 0 Å². The Hall–Kier alpha value is -3.06. The molecule has 0 radical (unpaired) electrons. The molecule has 0 aromatic heterocycles. The highest BCUT2D eigenvalue weighted by Crippen LogP contribution is 2.49. The molecule has 0 heterocycles. The van der Waals surface area contributed by atoms with Crippen molar-refractivity contribution in [3.63, 3.8) is 0 Å². The van der Waals surface area contributed by atoms with Gasteiger partial charge in [0.1, 0.15) is 7.85 Å². The standard InChI is InChI=1S/C27H23B/c1-27(2)25-11-7-6-10-22(25)23-14-12-19(16-26(23)27)24-17-20(28)13-15-21(24)18-8-4-3-5-9-18/h3-17H,28H2,1-2H3. The molecule has 0 unspecified atom stereocenters. The van der Waals surface area contributed by atoms with Crippen molar-refractivity contribution in [1.82, 2.24) is 0 Å². The van der Waals surface area contributed by atoms with Gasteiger partial charge in [0.15, 0.2) is 0 Å². The van der Waals surface area contributed by atoms with Crippen LogP contribution in [0.4, 0.5) is 0 Å². The minimum Gasteiger partial charge on any atom is -0.0883 e. The molecule has 1 aliphatic rings. The molecule has 0 fully saturated rings. The van der Waals surface area contributed by atoms with Gasteiger partial charge in [0.2, 0.25) is 0 Å². The van der Waals surface area contributed by atoms with Crippen molar-refractivity contribution in [3.8, 4) is 33.4 Å². The van der Waals surface area contributed by atoms with Crippen molar-refractivity contribution < 1.29 is 0 Å². The van der Waals surface area contributed by atoms with E-state index in [1.54, 1.807) is 0 Å². The van der Waals surface area contributed by atoms with Crippen molar-refractivity contribution in [3.05, 3.63) is 102 Å². The van der Waals surface area contributed by atoms with Crippen molar-refractivity contribution in [2.75, 3.05) is 0 Å². The molecule has 0 saturated carbocycles. The van der Waals surface area contributed by atoms with Crippen molar-refractivity contribution in [1.29, 1.82) is 0 Å². The van der Waals surface area contributed by atoms with Crippen LogP contribution in [0.1, 0.15) is 25.0 Å². The molecule has 134 valence electrons. The van der Waals surface area contributed by atoms with Gasteiger partial charge in [0, 0.05) is 5.41 Å². The normalized spacial score (nSPS) is 13.8. The Bertz CT molecular complexity index is 1190. The first-order valence-corrected chi connectivity index (χ1v) is 9.96. The minimum absolute atomic E-state index is 0.0265. The average Bonchev–Trinajstić information content (AvgIpc) is 2.96. The molecule has 1 aliphatic carbocycles. The maximum Gasteiger partial charge on any atom is 0.139 e. The first-order valence-electron chi connectivity index (χ1n) is 9.96. The van der Waals surface area contributed by atoms with Gasteiger partial charge in [0.05, 0.1) is 0 Å². The number of hydrogen-bond donors (Lipinski definition) is 0. The molecule has 0 atom stereocenters. The van der Waals surface area contributed by atoms with Crippen LogP contribution in [-0.4, -0.2) is 7.85 Å². The van der Waals surface area contributed by atoms with Crippen LogP contribution in [-0.2, 0) is 5.41 Å². The summed E-state index contributed by atoms with van der Waals surface area (Å²) >= 11 is 0. The van der Waals surface area contributed by atoms with Gasteiger partial charge in [-0.1, -0.05) is 104 Å². The van der Waals surface area contributed by atoms with Gasteiger partial charge in [0.25, 0.3) is 0 Å². The first kappa shape index (κ1) is 17.1. The van der Waals surface area contributed by atoms with E-state index in [4.69, 9.17) is 0 Å². The minimum atomic E-state index is 0.0265. The highest BCUT2D eigenvalue weighted by atomic mass is 14.4. The molecular formula is C27H23B. The van der Waals surface area contributed by atoms with Gasteiger partial charge in [-0.15, -0.1) is 0 Å². The van der Waals surface area contributed by atoms with Crippen molar-refractivity contribution in [2.24, 2.45) is 0 Å². The molecule has 0 bridgehead atoms. The SMILES string of the molecule is Bc1ccc(-c2ccccc2)c(-c2ccc3c(c2)C(C)(C)c2ccccc2-3)c1. The molecular weight excluding hydrogens is 335 g/mol. The van der Waals surface area contributed by atoms with E-state index in [-0.39, 0.29) is 5.41 Å². The molecule has 0 saturated heterocycles. The third-order valence-corrected chi connectivity index (χ3v) is 6.15. The summed E-state index contributed by atoms with van der Waals surface area (Å²) in [6, 6.07) is 33.3. The largest absolute Gasteiger partial charge is 0.139 e. The summed E-state index contributed by atoms with van der Waals surface area (Å²) in [7, 11) is 2.17. The van der Waals surface area contributed by atoms with E-state index in [9.17, 15) is 0 Å². The molecule has 5 rings (SSSR count). The topological polar surface area (TPSA) is 0 Å². The second kappa shape index (κ2) is 6.24. The monoisotopic (exact) mass is 358 g/mol. The first-order chi connectivity index (χ1) is 13.6. The van der Waals surface area contributed by atoms with Gasteiger partial charge < -0.3 is 0 Å². The zero-order valence-electron chi connectivity index (χ0n) is 16.7. The average molecular weight is 358 g/mol. The van der Waals surface area contributed by atoms with E-state index < -0.39 is 0 Å². The third kappa shape index (κ3) is 2.54. The maximum absolute atomic E-state index is 2.41. The Labute approximate surface area is 168 Å². The van der Waals surface area contributed by atoms with E-state index in [1.165, 1.54) is 50.0 Å². The predicted molar refractivity (Wildman–Crippen MR) is 123 cm³/mol. The highest BCUT2D eigenvalue weighted by molar-refractivity contribution is 6.32. The van der Waals surface area contributed by atoms with E-state index in [0.29, 0.717) is 0 Å². The Morgan fingerprint density at radius 3 is 2.04 bits per heavy atom. The zero-order chi connectivity index (χ0) is 19.3. The summed E-state index contributed by atoms with van der Waals surface area (Å²) < 4.78 is 0. The fourth-order valence-electron chi connectivity index (χ4n) is 4.64. The number of hydrogen-bond acceptors (Lipinski definition) is 0. The van der Waals surface area contributed by atoms with Gasteiger partial charge in [-0.05, 0) is 50.6 Å². The van der Waals surface area contributed by atoms with Crippen LogP contribution >= 0.6 is 0 Å². The lowest BCUT2D eigenvalue weighted by atomic mass is 9.80. The summed E-state index contributed by atoms with van der Waals surface area (Å²) in [4.78, 5) is 0. The Kier molecular flexibility index (Phi) is 3.80. The molecule has 0 aliphatic heterocycles. The quantitative estimate of drug-likeness (QED) is 0.410. The summed E-state index contributed by atoms with van der Waals surface area (Å²) in [6.45, 7) is 4.69. The number of benzene rings is 4. The smallest absolute Gasteiger partial charge is 0.0883 e. The number of fused-ring (bicyclic) bond motifs is 3. The van der Waals surface area contributed by atoms with E-state index in [1.807, 2.05) is 0 Å². The van der Waals surface area contributed by atoms with Crippen LogP contribution in [0, 0.1) is 0 Å². The van der Waals surface area contributed by atoms with Crippen LogP contribution in [0.5, 0.6) is 0 Å². The maximum atomic E-state index is 2.41. The van der Waals surface area contributed by atoms with Gasteiger partial charge in [-0.3, -0.25) is 0 Å². The van der Waals surface area contributed by atoms with E-state index in [2.05, 4.69) is 113 Å². The lowest BCUT2D eigenvalue weighted by Gasteiger charge is -2.22. The Balaban J connectivity index is 1.72. The van der Waals surface area contributed by atoms with Gasteiger partial charge in [-0.25, -0.2) is 0 Å². The van der Waals surface area contributed by atoms with E-state index in [0.717, 1.165) is 0 Å².